The standard InChI is InChI=1S/C15H18S.C7H17N/c1-5-8-10-11-12-14(4)16-15(7-3)13-9-6-2;1-3-4-5-6-7(2)8/h5-13H,1,3-4H2,2H3;7H,3-6,8H2,1-2H3/b9-6-,10-8-,12-11-,15-13+;. The summed E-state index contributed by atoms with van der Waals surface area (Å²) in [5.74, 6) is 0. The third-order valence-electron chi connectivity index (χ3n) is 2.81. The summed E-state index contributed by atoms with van der Waals surface area (Å²) in [5.41, 5.74) is 5.53. The predicted octanol–water partition coefficient (Wildman–Crippen LogP) is 7.09. The Morgan fingerprint density at radius 3 is 2.33 bits per heavy atom. The van der Waals surface area contributed by atoms with Gasteiger partial charge in [-0.15, -0.1) is 0 Å². The highest BCUT2D eigenvalue weighted by Gasteiger charge is 1.93. The van der Waals surface area contributed by atoms with Crippen LogP contribution in [0.15, 0.2) is 84.2 Å². The molecule has 0 bridgehead atoms. The van der Waals surface area contributed by atoms with E-state index in [0.717, 1.165) is 9.81 Å². The maximum Gasteiger partial charge on any atom is 0.0116 e. The Labute approximate surface area is 154 Å². The summed E-state index contributed by atoms with van der Waals surface area (Å²) >= 11 is 1.59. The zero-order valence-corrected chi connectivity index (χ0v) is 16.5. The molecule has 1 unspecified atom stereocenters. The predicted molar refractivity (Wildman–Crippen MR) is 116 cm³/mol. The van der Waals surface area contributed by atoms with Gasteiger partial charge in [0.2, 0.25) is 0 Å². The van der Waals surface area contributed by atoms with Crippen molar-refractivity contribution >= 4 is 11.8 Å². The van der Waals surface area contributed by atoms with Crippen LogP contribution in [0.5, 0.6) is 0 Å². The van der Waals surface area contributed by atoms with Gasteiger partial charge >= 0.3 is 0 Å². The lowest BCUT2D eigenvalue weighted by atomic mass is 10.1. The second kappa shape index (κ2) is 19.5. The fraction of sp³-hybridized carbons (Fsp3) is 0.364. The molecule has 0 fully saturated rings. The molecule has 1 nitrogen and oxygen atoms in total. The Bertz CT molecular complexity index is 451. The fourth-order valence-corrected chi connectivity index (χ4v) is 2.22. The largest absolute Gasteiger partial charge is 0.328 e. The zero-order chi connectivity index (χ0) is 18.6. The number of hydrogen-bond donors (Lipinski definition) is 1. The van der Waals surface area contributed by atoms with E-state index in [1.807, 2.05) is 55.5 Å². The molecule has 0 aliphatic rings. The molecule has 0 rings (SSSR count). The van der Waals surface area contributed by atoms with E-state index < -0.39 is 0 Å². The van der Waals surface area contributed by atoms with Crippen LogP contribution in [0, 0.1) is 0 Å². The Balaban J connectivity index is 0. The van der Waals surface area contributed by atoms with Gasteiger partial charge in [0.1, 0.15) is 0 Å². The molecule has 0 aromatic carbocycles. The summed E-state index contributed by atoms with van der Waals surface area (Å²) in [6, 6.07) is 0.404. The van der Waals surface area contributed by atoms with Crippen molar-refractivity contribution in [1.29, 1.82) is 0 Å². The minimum Gasteiger partial charge on any atom is -0.328 e. The lowest BCUT2D eigenvalue weighted by Gasteiger charge is -2.01. The molecule has 134 valence electrons. The van der Waals surface area contributed by atoms with Crippen LogP contribution in [0.2, 0.25) is 0 Å². The van der Waals surface area contributed by atoms with Gasteiger partial charge in [-0.1, -0.05) is 100 Å². The van der Waals surface area contributed by atoms with Crippen LogP contribution in [-0.2, 0) is 0 Å². The summed E-state index contributed by atoms with van der Waals surface area (Å²) in [4.78, 5) is 2.06. The van der Waals surface area contributed by atoms with Gasteiger partial charge in [0.15, 0.2) is 0 Å². The fourth-order valence-electron chi connectivity index (χ4n) is 1.54. The topological polar surface area (TPSA) is 26.0 Å². The third kappa shape index (κ3) is 20.5. The SMILES string of the molecule is C=C/C=C\C=C/C(=C)S/C(C=C)=C/C=C\C.CCCCCC(C)N. The van der Waals surface area contributed by atoms with E-state index in [-0.39, 0.29) is 0 Å². The first-order valence-electron chi connectivity index (χ1n) is 8.55. The van der Waals surface area contributed by atoms with Crippen molar-refractivity contribution in [3.8, 4) is 0 Å². The highest BCUT2D eigenvalue weighted by atomic mass is 32.2. The number of thioether (sulfide) groups is 1. The van der Waals surface area contributed by atoms with Crippen molar-refractivity contribution in [1.82, 2.24) is 0 Å². The highest BCUT2D eigenvalue weighted by Crippen LogP contribution is 2.25. The van der Waals surface area contributed by atoms with Crippen LogP contribution in [0.25, 0.3) is 0 Å². The van der Waals surface area contributed by atoms with Crippen molar-refractivity contribution in [2.24, 2.45) is 5.73 Å². The minimum atomic E-state index is 0.404. The summed E-state index contributed by atoms with van der Waals surface area (Å²) in [6.07, 6.45) is 22.3. The second-order valence-corrected chi connectivity index (χ2v) is 6.52. The molecule has 24 heavy (non-hydrogen) atoms. The first-order valence-corrected chi connectivity index (χ1v) is 9.36. The van der Waals surface area contributed by atoms with Crippen molar-refractivity contribution in [3.63, 3.8) is 0 Å². The van der Waals surface area contributed by atoms with Crippen LogP contribution in [-0.4, -0.2) is 6.04 Å². The summed E-state index contributed by atoms with van der Waals surface area (Å²) < 4.78 is 0. The van der Waals surface area contributed by atoms with E-state index in [1.54, 1.807) is 17.8 Å². The lowest BCUT2D eigenvalue weighted by molar-refractivity contribution is 0.592. The molecule has 0 heterocycles. The Morgan fingerprint density at radius 1 is 1.12 bits per heavy atom. The van der Waals surface area contributed by atoms with Crippen LogP contribution in [0.1, 0.15) is 46.5 Å². The maximum atomic E-state index is 5.53. The van der Waals surface area contributed by atoms with Crippen LogP contribution in [0.4, 0.5) is 0 Å². The zero-order valence-electron chi connectivity index (χ0n) is 15.7. The van der Waals surface area contributed by atoms with Gasteiger partial charge in [-0.2, -0.15) is 0 Å². The summed E-state index contributed by atoms with van der Waals surface area (Å²) in [5, 5.41) is 0. The number of rotatable bonds is 11. The third-order valence-corrected chi connectivity index (χ3v) is 3.74. The molecule has 0 aliphatic carbocycles. The molecule has 2 heteroatoms. The molecular weight excluding hydrogens is 310 g/mol. The molecular formula is C22H35NS. The highest BCUT2D eigenvalue weighted by molar-refractivity contribution is 8.07. The molecule has 2 N–H and O–H groups in total. The number of allylic oxidation sites excluding steroid dienone is 9. The van der Waals surface area contributed by atoms with Crippen molar-refractivity contribution < 1.29 is 0 Å². The molecule has 0 aromatic rings. The quantitative estimate of drug-likeness (QED) is 0.319. The monoisotopic (exact) mass is 345 g/mol. The molecule has 0 radical (unpaired) electrons. The average Bonchev–Trinajstić information content (AvgIpc) is 2.56. The minimum absolute atomic E-state index is 0.404. The van der Waals surface area contributed by atoms with E-state index in [1.165, 1.54) is 25.7 Å². The first-order chi connectivity index (χ1) is 11.5. The van der Waals surface area contributed by atoms with E-state index >= 15 is 0 Å². The van der Waals surface area contributed by atoms with Gasteiger partial charge in [0.05, 0.1) is 0 Å². The molecule has 0 saturated heterocycles. The van der Waals surface area contributed by atoms with Crippen LogP contribution in [0.3, 0.4) is 0 Å². The Hall–Kier alpha value is -1.51. The van der Waals surface area contributed by atoms with E-state index in [2.05, 4.69) is 33.6 Å². The normalized spacial score (nSPS) is 13.1. The van der Waals surface area contributed by atoms with Gasteiger partial charge in [0.25, 0.3) is 0 Å². The molecule has 0 saturated carbocycles. The van der Waals surface area contributed by atoms with Crippen LogP contribution >= 0.6 is 11.8 Å². The molecule has 0 amide bonds. The molecule has 1 atom stereocenters. The number of nitrogens with two attached hydrogens (primary N) is 1. The van der Waals surface area contributed by atoms with Gasteiger partial charge in [-0.25, -0.2) is 0 Å². The van der Waals surface area contributed by atoms with E-state index in [9.17, 15) is 0 Å². The summed E-state index contributed by atoms with van der Waals surface area (Å²) in [7, 11) is 0. The van der Waals surface area contributed by atoms with Crippen molar-refractivity contribution in [2.75, 3.05) is 0 Å². The van der Waals surface area contributed by atoms with Gasteiger partial charge in [-0.3, -0.25) is 0 Å². The Kier molecular flexibility index (Phi) is 20.1. The first kappa shape index (κ1) is 24.7. The van der Waals surface area contributed by atoms with E-state index in [0.29, 0.717) is 6.04 Å². The smallest absolute Gasteiger partial charge is 0.0116 e. The molecule has 0 aromatic heterocycles. The molecule has 0 spiro atoms. The average molecular weight is 346 g/mol. The lowest BCUT2D eigenvalue weighted by Crippen LogP contribution is -2.13. The Morgan fingerprint density at radius 2 is 1.83 bits per heavy atom. The van der Waals surface area contributed by atoms with Gasteiger partial charge in [0, 0.05) is 15.9 Å². The van der Waals surface area contributed by atoms with Gasteiger partial charge in [-0.05, 0) is 32.4 Å². The van der Waals surface area contributed by atoms with Crippen LogP contribution < -0.4 is 5.73 Å². The number of hydrogen-bond acceptors (Lipinski definition) is 2. The van der Waals surface area contributed by atoms with Crippen molar-refractivity contribution in [3.05, 3.63) is 84.2 Å². The van der Waals surface area contributed by atoms with E-state index in [4.69, 9.17) is 5.73 Å². The maximum absolute atomic E-state index is 5.53. The van der Waals surface area contributed by atoms with Gasteiger partial charge < -0.3 is 5.73 Å². The summed E-state index contributed by atoms with van der Waals surface area (Å²) in [6.45, 7) is 17.6. The van der Waals surface area contributed by atoms with Crippen molar-refractivity contribution in [2.45, 2.75) is 52.5 Å². The second-order valence-electron chi connectivity index (χ2n) is 5.32. The molecule has 0 aliphatic heterocycles. The number of unbranched alkanes of at least 4 members (excludes halogenated alkanes) is 2.